The van der Waals surface area contributed by atoms with Crippen LogP contribution in [0.2, 0.25) is 0 Å². The summed E-state index contributed by atoms with van der Waals surface area (Å²) in [5, 5.41) is 7.90. The van der Waals surface area contributed by atoms with Crippen LogP contribution in [0, 0.1) is 0 Å². The first kappa shape index (κ1) is 14.1. The molecule has 23 heavy (non-hydrogen) atoms. The highest BCUT2D eigenvalue weighted by molar-refractivity contribution is 7.09. The van der Waals surface area contributed by atoms with Gasteiger partial charge >= 0.3 is 0 Å². The van der Waals surface area contributed by atoms with Crippen molar-refractivity contribution in [2.45, 2.75) is 24.8 Å². The van der Waals surface area contributed by atoms with Crippen LogP contribution in [0.3, 0.4) is 0 Å². The van der Waals surface area contributed by atoms with Crippen molar-refractivity contribution in [3.63, 3.8) is 0 Å². The third-order valence-electron chi connectivity index (χ3n) is 4.20. The largest absolute Gasteiger partial charge is 0.353 e. The van der Waals surface area contributed by atoms with Crippen LogP contribution in [-0.2, 0) is 0 Å². The van der Waals surface area contributed by atoms with E-state index in [0.29, 0.717) is 17.9 Å². The molecule has 0 radical (unpaired) electrons. The summed E-state index contributed by atoms with van der Waals surface area (Å²) < 4.78 is 4.00. The first-order valence-electron chi connectivity index (χ1n) is 7.37. The first-order valence-corrected chi connectivity index (χ1v) is 8.14. The Morgan fingerprint density at radius 1 is 1.30 bits per heavy atom. The van der Waals surface area contributed by atoms with Crippen molar-refractivity contribution < 1.29 is 4.79 Å². The molecule has 9 heteroatoms. The minimum Gasteiger partial charge on any atom is -0.353 e. The Morgan fingerprint density at radius 3 is 2.96 bits per heavy atom. The van der Waals surface area contributed by atoms with Gasteiger partial charge in [-0.05, 0) is 25.3 Å². The quantitative estimate of drug-likeness (QED) is 0.656. The van der Waals surface area contributed by atoms with Crippen molar-refractivity contribution in [3.8, 4) is 0 Å². The van der Waals surface area contributed by atoms with Crippen LogP contribution in [0.4, 0.5) is 5.13 Å². The molecule has 3 heterocycles. The van der Waals surface area contributed by atoms with Gasteiger partial charge in [-0.1, -0.05) is 0 Å². The molecule has 1 saturated carbocycles. The molecule has 0 aromatic carbocycles. The van der Waals surface area contributed by atoms with Crippen LogP contribution in [0.25, 0.3) is 11.0 Å². The van der Waals surface area contributed by atoms with Crippen molar-refractivity contribution >= 4 is 33.6 Å². The lowest BCUT2D eigenvalue weighted by Gasteiger charge is -2.42. The van der Waals surface area contributed by atoms with E-state index in [1.807, 2.05) is 6.07 Å². The molecule has 0 unspecified atom stereocenters. The molecule has 118 valence electrons. The lowest BCUT2D eigenvalue weighted by molar-refractivity contribution is 0.0931. The van der Waals surface area contributed by atoms with Gasteiger partial charge in [0.1, 0.15) is 24.0 Å². The molecular formula is C14H15N7OS. The number of anilines is 1. The highest BCUT2D eigenvalue weighted by Gasteiger charge is 2.38. The Kier molecular flexibility index (Phi) is 3.41. The van der Waals surface area contributed by atoms with Gasteiger partial charge in [-0.3, -0.25) is 4.79 Å². The van der Waals surface area contributed by atoms with Crippen molar-refractivity contribution in [3.05, 3.63) is 30.6 Å². The maximum atomic E-state index is 12.5. The molecule has 0 saturated heterocycles. The maximum absolute atomic E-state index is 12.5. The Labute approximate surface area is 135 Å². The summed E-state index contributed by atoms with van der Waals surface area (Å²) in [5.74, 6) is -0.192. The highest BCUT2D eigenvalue weighted by Crippen LogP contribution is 2.35. The third kappa shape index (κ3) is 2.63. The van der Waals surface area contributed by atoms with Gasteiger partial charge < -0.3 is 15.6 Å². The van der Waals surface area contributed by atoms with E-state index in [9.17, 15) is 4.79 Å². The summed E-state index contributed by atoms with van der Waals surface area (Å²) >= 11 is 1.32. The van der Waals surface area contributed by atoms with Crippen molar-refractivity contribution in [2.75, 3.05) is 11.9 Å². The molecule has 1 fully saturated rings. The van der Waals surface area contributed by atoms with Crippen molar-refractivity contribution in [1.29, 1.82) is 0 Å². The lowest BCUT2D eigenvalue weighted by atomic mass is 9.77. The van der Waals surface area contributed by atoms with E-state index in [4.69, 9.17) is 0 Å². The van der Waals surface area contributed by atoms with Gasteiger partial charge in [0.05, 0.1) is 10.9 Å². The van der Waals surface area contributed by atoms with Crippen LogP contribution in [0.1, 0.15) is 29.8 Å². The number of carbonyl (C=O) groups excluding carboxylic acids is 1. The predicted octanol–water partition coefficient (Wildman–Crippen LogP) is 1.57. The summed E-state index contributed by atoms with van der Waals surface area (Å²) in [6.45, 7) is 0.529. The van der Waals surface area contributed by atoms with E-state index < -0.39 is 0 Å². The summed E-state index contributed by atoms with van der Waals surface area (Å²) in [5.41, 5.74) is 0.913. The number of fused-ring (bicyclic) bond motifs is 1. The van der Waals surface area contributed by atoms with Crippen LogP contribution in [-0.4, -0.2) is 42.3 Å². The van der Waals surface area contributed by atoms with E-state index >= 15 is 0 Å². The zero-order valence-corrected chi connectivity index (χ0v) is 13.1. The molecule has 1 aliphatic carbocycles. The van der Waals surface area contributed by atoms with E-state index in [0.717, 1.165) is 29.8 Å². The van der Waals surface area contributed by atoms with Crippen LogP contribution < -0.4 is 10.6 Å². The number of amides is 1. The first-order chi connectivity index (χ1) is 11.3. The average molecular weight is 329 g/mol. The van der Waals surface area contributed by atoms with Crippen LogP contribution >= 0.6 is 11.5 Å². The number of hydrogen-bond donors (Lipinski definition) is 3. The van der Waals surface area contributed by atoms with Crippen LogP contribution in [0.5, 0.6) is 0 Å². The van der Waals surface area contributed by atoms with Gasteiger partial charge in [-0.25, -0.2) is 15.0 Å². The average Bonchev–Trinajstić information content (AvgIpc) is 3.19. The smallest absolute Gasteiger partial charge is 0.270 e. The van der Waals surface area contributed by atoms with Gasteiger partial charge in [-0.2, -0.15) is 4.37 Å². The van der Waals surface area contributed by atoms with E-state index in [1.54, 1.807) is 6.20 Å². The number of nitrogens with one attached hydrogen (secondary N) is 3. The number of aromatic nitrogens is 5. The second-order valence-electron chi connectivity index (χ2n) is 5.65. The van der Waals surface area contributed by atoms with Gasteiger partial charge in [0.15, 0.2) is 0 Å². The molecule has 1 aliphatic rings. The molecular weight excluding hydrogens is 314 g/mol. The summed E-state index contributed by atoms with van der Waals surface area (Å²) in [6, 6.07) is 1.81. The molecule has 0 bridgehead atoms. The summed E-state index contributed by atoms with van der Waals surface area (Å²) in [7, 11) is 0. The molecule has 8 nitrogen and oxygen atoms in total. The van der Waals surface area contributed by atoms with E-state index in [1.165, 1.54) is 24.2 Å². The molecule has 4 rings (SSSR count). The van der Waals surface area contributed by atoms with Crippen LogP contribution in [0.15, 0.2) is 24.9 Å². The number of hydrogen-bond acceptors (Lipinski definition) is 7. The lowest BCUT2D eigenvalue weighted by Crippen LogP contribution is -2.53. The second-order valence-corrected chi connectivity index (χ2v) is 6.43. The SMILES string of the molecule is O=C(NCC1(Nc2ncns2)CCC1)c1ncnc2[nH]ccc12. The Bertz CT molecular complexity index is 825. The minimum absolute atomic E-state index is 0.139. The molecule has 1 amide bonds. The fraction of sp³-hybridized carbons (Fsp3) is 0.357. The molecule has 0 spiro atoms. The Morgan fingerprint density at radius 2 is 2.22 bits per heavy atom. The fourth-order valence-electron chi connectivity index (χ4n) is 2.79. The Balaban J connectivity index is 1.47. The minimum atomic E-state index is -0.192. The Hall–Kier alpha value is -2.55. The van der Waals surface area contributed by atoms with Crippen molar-refractivity contribution in [2.24, 2.45) is 0 Å². The molecule has 3 aromatic heterocycles. The predicted molar refractivity (Wildman–Crippen MR) is 86.3 cm³/mol. The van der Waals surface area contributed by atoms with Gasteiger partial charge in [0, 0.05) is 24.3 Å². The number of aromatic amines is 1. The summed E-state index contributed by atoms with van der Waals surface area (Å²) in [4.78, 5) is 27.8. The second kappa shape index (κ2) is 5.58. The number of carbonyl (C=O) groups is 1. The molecule has 0 atom stereocenters. The monoisotopic (exact) mass is 329 g/mol. The topological polar surface area (TPSA) is 108 Å². The third-order valence-corrected chi connectivity index (χ3v) is 4.78. The van der Waals surface area contributed by atoms with E-state index in [-0.39, 0.29) is 11.4 Å². The number of rotatable bonds is 5. The van der Waals surface area contributed by atoms with Gasteiger partial charge in [-0.15, -0.1) is 0 Å². The van der Waals surface area contributed by atoms with Gasteiger partial charge in [0.2, 0.25) is 5.13 Å². The zero-order chi connectivity index (χ0) is 15.7. The maximum Gasteiger partial charge on any atom is 0.270 e. The standard InChI is InChI=1S/C14H15N7OS/c22-12(10-9-2-5-15-11(9)18-7-17-10)16-6-14(3-1-4-14)21-13-19-8-20-23-13/h2,5,7-8H,1,3-4,6H2,(H,16,22)(H,15,17,18)(H,19,20,21). The zero-order valence-electron chi connectivity index (χ0n) is 12.2. The highest BCUT2D eigenvalue weighted by atomic mass is 32.1. The molecule has 0 aliphatic heterocycles. The fourth-order valence-corrected chi connectivity index (χ4v) is 3.34. The number of nitrogens with zero attached hydrogens (tertiary/aromatic N) is 4. The van der Waals surface area contributed by atoms with E-state index in [2.05, 4.69) is 34.9 Å². The van der Waals surface area contributed by atoms with Gasteiger partial charge in [0.25, 0.3) is 5.91 Å². The summed E-state index contributed by atoms with van der Waals surface area (Å²) in [6.07, 6.45) is 7.80. The normalized spacial score (nSPS) is 16.0. The molecule has 3 aromatic rings. The number of H-pyrrole nitrogens is 1. The van der Waals surface area contributed by atoms with Crippen molar-refractivity contribution in [1.82, 2.24) is 29.6 Å². The molecule has 3 N–H and O–H groups in total.